The molecule has 0 aromatic carbocycles. The van der Waals surface area contributed by atoms with Crippen LogP contribution in [0, 0.1) is 17.3 Å². The molecule has 0 aromatic rings. The third kappa shape index (κ3) is 3.61. The molecule has 9 heteroatoms. The Labute approximate surface area is 133 Å². The highest BCUT2D eigenvalue weighted by atomic mass is 32.2. The van der Waals surface area contributed by atoms with Gasteiger partial charge in [0.1, 0.15) is 13.2 Å². The summed E-state index contributed by atoms with van der Waals surface area (Å²) in [5.74, 6) is 0.881. The van der Waals surface area contributed by atoms with E-state index in [0.717, 1.165) is 32.1 Å². The molecule has 23 heavy (non-hydrogen) atoms. The summed E-state index contributed by atoms with van der Waals surface area (Å²) in [6.07, 6.45) is 3.88. The lowest BCUT2D eigenvalue weighted by atomic mass is 9.48. The van der Waals surface area contributed by atoms with Crippen LogP contribution in [-0.2, 0) is 19.6 Å². The van der Waals surface area contributed by atoms with Crippen LogP contribution in [0.15, 0.2) is 0 Å². The van der Waals surface area contributed by atoms with Gasteiger partial charge in [0.15, 0.2) is 0 Å². The first-order chi connectivity index (χ1) is 10.6. The van der Waals surface area contributed by atoms with Gasteiger partial charge in [0.2, 0.25) is 0 Å². The third-order valence-corrected chi connectivity index (χ3v) is 6.09. The summed E-state index contributed by atoms with van der Waals surface area (Å²) in [5.41, 5.74) is -3.63. The van der Waals surface area contributed by atoms with Crippen molar-refractivity contribution in [1.82, 2.24) is 0 Å². The number of aliphatic hydroxyl groups is 1. The summed E-state index contributed by atoms with van der Waals surface area (Å²) in [7, 11) is -4.89. The second-order valence-electron chi connectivity index (χ2n) is 7.46. The minimum atomic E-state index is -4.89. The molecule has 0 aromatic heterocycles. The number of carbonyl (C=O) groups is 1. The minimum Gasteiger partial charge on any atom is -0.434 e. The first-order valence-electron chi connectivity index (χ1n) is 7.72. The fraction of sp³-hybridized carbons (Fsp3) is 0.929. The zero-order valence-corrected chi connectivity index (χ0v) is 13.4. The van der Waals surface area contributed by atoms with Gasteiger partial charge in [0, 0.05) is 5.41 Å². The van der Waals surface area contributed by atoms with E-state index >= 15 is 0 Å². The molecular formula is C14H21FO7S. The van der Waals surface area contributed by atoms with Gasteiger partial charge in [-0.2, -0.15) is 8.42 Å². The molecule has 4 bridgehead atoms. The van der Waals surface area contributed by atoms with Crippen LogP contribution in [0.3, 0.4) is 0 Å². The topological polar surface area (TPSA) is 110 Å². The molecule has 4 fully saturated rings. The molecule has 4 saturated carbocycles. The molecule has 4 aliphatic rings. The number of halogens is 1. The monoisotopic (exact) mass is 352 g/mol. The largest absolute Gasteiger partial charge is 0.508 e. The molecule has 0 amide bonds. The first kappa shape index (κ1) is 16.9. The predicted octanol–water partition coefficient (Wildman–Crippen LogP) is 1.65. The first-order valence-corrected chi connectivity index (χ1v) is 9.22. The molecule has 0 aliphatic heterocycles. The van der Waals surface area contributed by atoms with Crippen molar-refractivity contribution in [1.29, 1.82) is 0 Å². The van der Waals surface area contributed by atoms with Crippen molar-refractivity contribution in [3.8, 4) is 0 Å². The maximum Gasteiger partial charge on any atom is 0.508 e. The Hall–Kier alpha value is -0.930. The van der Waals surface area contributed by atoms with Crippen molar-refractivity contribution in [3.05, 3.63) is 0 Å². The van der Waals surface area contributed by atoms with Crippen molar-refractivity contribution < 1.29 is 36.7 Å². The fourth-order valence-electron chi connectivity index (χ4n) is 5.04. The van der Waals surface area contributed by atoms with Crippen LogP contribution in [0.25, 0.3) is 0 Å². The number of rotatable bonds is 5. The molecule has 2 N–H and O–H groups in total. The Morgan fingerprint density at radius 3 is 2.35 bits per heavy atom. The van der Waals surface area contributed by atoms with Gasteiger partial charge in [-0.25, -0.2) is 9.18 Å². The van der Waals surface area contributed by atoms with E-state index in [2.05, 4.69) is 4.74 Å². The van der Waals surface area contributed by atoms with E-state index in [9.17, 15) is 22.7 Å². The quantitative estimate of drug-likeness (QED) is 0.572. The molecule has 4 aliphatic carbocycles. The van der Waals surface area contributed by atoms with Gasteiger partial charge in [0.05, 0.1) is 5.60 Å². The van der Waals surface area contributed by atoms with E-state index in [1.807, 2.05) is 0 Å². The molecule has 0 spiro atoms. The zero-order chi connectivity index (χ0) is 16.9. The van der Waals surface area contributed by atoms with Gasteiger partial charge in [-0.15, -0.1) is 0 Å². The summed E-state index contributed by atoms with van der Waals surface area (Å²) in [5, 5.41) is 10.6. The second kappa shape index (κ2) is 5.56. The number of carbonyl (C=O) groups excluding carboxylic acids is 1. The van der Waals surface area contributed by atoms with E-state index < -0.39 is 34.0 Å². The van der Waals surface area contributed by atoms with Gasteiger partial charge in [0.25, 0.3) is 5.50 Å². The molecule has 3 atom stereocenters. The third-order valence-electron chi connectivity index (χ3n) is 5.30. The lowest BCUT2D eigenvalue weighted by Crippen LogP contribution is -2.57. The lowest BCUT2D eigenvalue weighted by molar-refractivity contribution is -0.177. The smallest absolute Gasteiger partial charge is 0.434 e. The van der Waals surface area contributed by atoms with Gasteiger partial charge in [-0.05, 0) is 50.4 Å². The normalized spacial score (nSPS) is 40.0. The predicted molar refractivity (Wildman–Crippen MR) is 75.8 cm³/mol. The van der Waals surface area contributed by atoms with E-state index in [-0.39, 0.29) is 12.0 Å². The van der Waals surface area contributed by atoms with E-state index in [0.29, 0.717) is 18.3 Å². The van der Waals surface area contributed by atoms with Gasteiger partial charge < -0.3 is 14.6 Å². The highest BCUT2D eigenvalue weighted by Crippen LogP contribution is 2.61. The van der Waals surface area contributed by atoms with Crippen LogP contribution in [0.2, 0.25) is 0 Å². The zero-order valence-electron chi connectivity index (χ0n) is 12.6. The van der Waals surface area contributed by atoms with Crippen molar-refractivity contribution in [2.75, 3.05) is 13.2 Å². The van der Waals surface area contributed by atoms with Crippen molar-refractivity contribution in [3.63, 3.8) is 0 Å². The van der Waals surface area contributed by atoms with Crippen molar-refractivity contribution in [2.24, 2.45) is 17.3 Å². The molecule has 132 valence electrons. The molecule has 0 radical (unpaired) electrons. The van der Waals surface area contributed by atoms with Crippen LogP contribution in [0.1, 0.15) is 38.5 Å². The maximum atomic E-state index is 13.0. The summed E-state index contributed by atoms with van der Waals surface area (Å²) in [4.78, 5) is 11.5. The second-order valence-corrected chi connectivity index (χ2v) is 9.00. The molecular weight excluding hydrogens is 331 g/mol. The fourth-order valence-corrected chi connectivity index (χ4v) is 5.28. The number of alkyl halides is 1. The van der Waals surface area contributed by atoms with Gasteiger partial charge in [-0.1, -0.05) is 0 Å². The van der Waals surface area contributed by atoms with Crippen LogP contribution < -0.4 is 0 Å². The highest BCUT2D eigenvalue weighted by molar-refractivity contribution is 7.86. The Morgan fingerprint density at radius 2 is 1.83 bits per heavy atom. The van der Waals surface area contributed by atoms with E-state index in [1.165, 1.54) is 0 Å². The Morgan fingerprint density at radius 1 is 1.22 bits per heavy atom. The number of ether oxygens (including phenoxy) is 2. The summed E-state index contributed by atoms with van der Waals surface area (Å²) in [6.45, 7) is -1.04. The molecule has 4 rings (SSSR count). The SMILES string of the molecule is O=C(OCC(F)S(=O)(=O)O)OCC12CC3CC(CC(O)(C3)C1)C2. The Kier molecular flexibility index (Phi) is 4.09. The van der Waals surface area contributed by atoms with E-state index in [1.54, 1.807) is 0 Å². The van der Waals surface area contributed by atoms with Crippen LogP contribution in [-0.4, -0.2) is 48.6 Å². The molecule has 3 unspecified atom stereocenters. The van der Waals surface area contributed by atoms with E-state index in [4.69, 9.17) is 9.29 Å². The summed E-state index contributed by atoms with van der Waals surface area (Å²) >= 11 is 0. The van der Waals surface area contributed by atoms with Crippen molar-refractivity contribution >= 4 is 16.3 Å². The average Bonchev–Trinajstić information content (AvgIpc) is 2.38. The molecule has 0 saturated heterocycles. The van der Waals surface area contributed by atoms with Gasteiger partial charge in [-0.3, -0.25) is 4.55 Å². The maximum absolute atomic E-state index is 13.0. The summed E-state index contributed by atoms with van der Waals surface area (Å²) in [6, 6.07) is 0. The van der Waals surface area contributed by atoms with Gasteiger partial charge >= 0.3 is 16.3 Å². The van der Waals surface area contributed by atoms with Crippen molar-refractivity contribution in [2.45, 2.75) is 49.6 Å². The highest BCUT2D eigenvalue weighted by Gasteiger charge is 2.57. The standard InChI is InChI=1S/C14H21FO7S/c15-11(23(18,19)20)6-21-12(16)22-8-13-2-9-1-10(3-13)5-14(17,4-9)7-13/h9-11,17H,1-8H2,(H,18,19,20). The Bertz CT molecular complexity index is 576. The molecule has 7 nitrogen and oxygen atoms in total. The molecule has 0 heterocycles. The summed E-state index contributed by atoms with van der Waals surface area (Å²) < 4.78 is 51.8. The number of hydrogen-bond acceptors (Lipinski definition) is 6. The van der Waals surface area contributed by atoms with Crippen LogP contribution in [0.5, 0.6) is 0 Å². The Balaban J connectivity index is 1.51. The average molecular weight is 352 g/mol. The van der Waals surface area contributed by atoms with Crippen LogP contribution >= 0.6 is 0 Å². The number of hydrogen-bond donors (Lipinski definition) is 2. The minimum absolute atomic E-state index is 0.0734. The van der Waals surface area contributed by atoms with Crippen LogP contribution in [0.4, 0.5) is 9.18 Å². The lowest BCUT2D eigenvalue weighted by Gasteiger charge is -2.59.